The summed E-state index contributed by atoms with van der Waals surface area (Å²) < 4.78 is 9.21. The predicted octanol–water partition coefficient (Wildman–Crippen LogP) is 1.03. The molecule has 13 heteroatoms. The van der Waals surface area contributed by atoms with Gasteiger partial charge >= 0.3 is 0 Å². The molecular weight excluding hydrogens is 466 g/mol. The van der Waals surface area contributed by atoms with Gasteiger partial charge in [0.05, 0.1) is 18.2 Å². The Morgan fingerprint density at radius 2 is 2.00 bits per heavy atom. The number of rotatable bonds is 5. The van der Waals surface area contributed by atoms with Crippen molar-refractivity contribution >= 4 is 40.2 Å². The molecular formula is C23H23N9O4. The Morgan fingerprint density at radius 3 is 2.75 bits per heavy atom. The number of aliphatic hydroxyl groups excluding tert-OH is 2. The molecule has 5 aromatic rings. The number of nitrogen functional groups attached to an aromatic ring is 1. The quantitative estimate of drug-likeness (QED) is 0.239. The molecule has 1 aliphatic rings. The second-order valence-electron chi connectivity index (χ2n) is 8.60. The lowest BCUT2D eigenvalue weighted by atomic mass is 10.1. The van der Waals surface area contributed by atoms with Gasteiger partial charge < -0.3 is 25.3 Å². The molecule has 0 spiro atoms. The lowest BCUT2D eigenvalue weighted by Crippen LogP contribution is -2.24. The van der Waals surface area contributed by atoms with E-state index in [-0.39, 0.29) is 36.1 Å². The van der Waals surface area contributed by atoms with Crippen molar-refractivity contribution in [1.82, 2.24) is 34.1 Å². The van der Waals surface area contributed by atoms with Gasteiger partial charge in [-0.3, -0.25) is 19.7 Å². The number of aromatic nitrogens is 7. The number of pyridine rings is 1. The van der Waals surface area contributed by atoms with Crippen molar-refractivity contribution in [3.8, 4) is 11.1 Å². The summed E-state index contributed by atoms with van der Waals surface area (Å²) in [5, 5.41) is 23.0. The van der Waals surface area contributed by atoms with Gasteiger partial charge in [-0.05, 0) is 11.6 Å². The van der Waals surface area contributed by atoms with Gasteiger partial charge in [-0.25, -0.2) is 9.97 Å². The number of ether oxygens (including phenoxy) is 1. The zero-order valence-electron chi connectivity index (χ0n) is 19.2. The fraction of sp³-hybridized carbons (Fsp3) is 0.261. The van der Waals surface area contributed by atoms with Crippen molar-refractivity contribution < 1.29 is 14.9 Å². The monoisotopic (exact) mass is 489 g/mol. The number of aryl methyl sites for hydroxylation is 1. The van der Waals surface area contributed by atoms with E-state index in [4.69, 9.17) is 10.5 Å². The summed E-state index contributed by atoms with van der Waals surface area (Å²) in [6.45, 7) is -0.358. The minimum Gasteiger partial charge on any atom is -0.394 e. The predicted molar refractivity (Wildman–Crippen MR) is 131 cm³/mol. The topological polar surface area (TPSA) is 182 Å². The third kappa shape index (κ3) is 3.57. The number of benzene rings is 1. The van der Waals surface area contributed by atoms with Gasteiger partial charge in [0.1, 0.15) is 12.3 Å². The van der Waals surface area contributed by atoms with Crippen LogP contribution in [0.2, 0.25) is 0 Å². The maximum Gasteiger partial charge on any atom is 0.280 e. The third-order valence-corrected chi connectivity index (χ3v) is 6.31. The van der Waals surface area contributed by atoms with E-state index in [1.165, 1.54) is 0 Å². The van der Waals surface area contributed by atoms with E-state index < -0.39 is 24.0 Å². The number of hydrogen-bond donors (Lipinski definition) is 5. The van der Waals surface area contributed by atoms with Crippen LogP contribution in [0.3, 0.4) is 0 Å². The lowest BCUT2D eigenvalue weighted by molar-refractivity contribution is -0.0425. The molecule has 6 N–H and O–H groups in total. The highest BCUT2D eigenvalue weighted by Gasteiger charge is 2.37. The Bertz CT molecular complexity index is 1640. The van der Waals surface area contributed by atoms with Crippen LogP contribution in [-0.2, 0) is 11.8 Å². The van der Waals surface area contributed by atoms with Crippen molar-refractivity contribution in [1.29, 1.82) is 0 Å². The van der Waals surface area contributed by atoms with Crippen LogP contribution in [0, 0.1) is 0 Å². The summed E-state index contributed by atoms with van der Waals surface area (Å²) in [5.74, 6) is 0.546. The minimum absolute atomic E-state index is 0.0421. The van der Waals surface area contributed by atoms with E-state index in [1.807, 2.05) is 48.0 Å². The maximum atomic E-state index is 12.6. The van der Waals surface area contributed by atoms with Crippen molar-refractivity contribution in [2.45, 2.75) is 24.9 Å². The Labute approximate surface area is 203 Å². The van der Waals surface area contributed by atoms with Gasteiger partial charge in [-0.2, -0.15) is 9.97 Å². The van der Waals surface area contributed by atoms with E-state index in [9.17, 15) is 15.0 Å². The van der Waals surface area contributed by atoms with Crippen molar-refractivity contribution in [3.63, 3.8) is 0 Å². The minimum atomic E-state index is -0.902. The molecule has 184 valence electrons. The van der Waals surface area contributed by atoms with Crippen LogP contribution in [-0.4, -0.2) is 63.1 Å². The average molecular weight is 489 g/mol. The van der Waals surface area contributed by atoms with Crippen LogP contribution < -0.4 is 16.6 Å². The molecule has 1 fully saturated rings. The SMILES string of the molecule is Cn1c(Nc2nc3c(=O)[nH]c(N)nc3n2[C@H]2C[C@H](O)[C@@H](CO)O2)nc2ncc(-c3ccccc3)cc21. The van der Waals surface area contributed by atoms with Crippen LogP contribution in [0.1, 0.15) is 12.6 Å². The first-order valence-electron chi connectivity index (χ1n) is 11.3. The number of H-pyrrole nitrogens is 1. The van der Waals surface area contributed by atoms with Crippen molar-refractivity contribution in [2.75, 3.05) is 17.7 Å². The summed E-state index contributed by atoms with van der Waals surface area (Å²) in [5.41, 5.74) is 8.78. The molecule has 0 unspecified atom stereocenters. The normalized spacial score (nSPS) is 19.9. The van der Waals surface area contributed by atoms with Gasteiger partial charge in [-0.1, -0.05) is 30.3 Å². The molecule has 4 aromatic heterocycles. The number of nitrogens with zero attached hydrogens (tertiary/aromatic N) is 6. The van der Waals surface area contributed by atoms with Gasteiger partial charge in [0.2, 0.25) is 17.8 Å². The fourth-order valence-electron chi connectivity index (χ4n) is 4.47. The number of nitrogens with one attached hydrogen (secondary N) is 2. The summed E-state index contributed by atoms with van der Waals surface area (Å²) in [6.07, 6.45) is -0.518. The third-order valence-electron chi connectivity index (χ3n) is 6.31. The van der Waals surface area contributed by atoms with E-state index >= 15 is 0 Å². The molecule has 0 saturated carbocycles. The van der Waals surface area contributed by atoms with E-state index in [1.54, 1.807) is 10.8 Å². The molecule has 0 radical (unpaired) electrons. The van der Waals surface area contributed by atoms with Crippen molar-refractivity contribution in [2.24, 2.45) is 7.05 Å². The zero-order chi connectivity index (χ0) is 25.0. The van der Waals surface area contributed by atoms with Gasteiger partial charge in [-0.15, -0.1) is 0 Å². The van der Waals surface area contributed by atoms with Crippen LogP contribution >= 0.6 is 0 Å². The van der Waals surface area contributed by atoms with E-state index in [2.05, 4.69) is 30.2 Å². The molecule has 1 aromatic carbocycles. The maximum absolute atomic E-state index is 12.6. The van der Waals surface area contributed by atoms with Crippen molar-refractivity contribution in [3.05, 3.63) is 52.9 Å². The molecule has 0 aliphatic carbocycles. The molecule has 5 heterocycles. The average Bonchev–Trinajstić information content (AvgIpc) is 3.52. The Kier molecular flexibility index (Phi) is 5.17. The second-order valence-corrected chi connectivity index (χ2v) is 8.60. The van der Waals surface area contributed by atoms with Gasteiger partial charge in [0.25, 0.3) is 5.56 Å². The Hall–Kier alpha value is -4.33. The number of aliphatic hydroxyl groups is 2. The molecule has 0 bridgehead atoms. The molecule has 1 aliphatic heterocycles. The fourth-order valence-corrected chi connectivity index (χ4v) is 4.47. The molecule has 13 nitrogen and oxygen atoms in total. The highest BCUT2D eigenvalue weighted by molar-refractivity contribution is 5.82. The summed E-state index contributed by atoms with van der Waals surface area (Å²) in [7, 11) is 1.84. The molecule has 6 rings (SSSR count). The summed E-state index contributed by atoms with van der Waals surface area (Å²) in [6, 6.07) is 11.9. The summed E-state index contributed by atoms with van der Waals surface area (Å²) in [4.78, 5) is 32.8. The van der Waals surface area contributed by atoms with Crippen LogP contribution in [0.25, 0.3) is 33.5 Å². The first kappa shape index (κ1) is 22.2. The largest absolute Gasteiger partial charge is 0.394 e. The van der Waals surface area contributed by atoms with Gasteiger partial charge in [0.15, 0.2) is 16.8 Å². The van der Waals surface area contributed by atoms with Crippen LogP contribution in [0.4, 0.5) is 17.8 Å². The zero-order valence-corrected chi connectivity index (χ0v) is 19.2. The van der Waals surface area contributed by atoms with E-state index in [0.29, 0.717) is 11.6 Å². The smallest absolute Gasteiger partial charge is 0.280 e. The first-order chi connectivity index (χ1) is 17.4. The van der Waals surface area contributed by atoms with E-state index in [0.717, 1.165) is 16.6 Å². The van der Waals surface area contributed by atoms with Crippen LogP contribution in [0.15, 0.2) is 47.4 Å². The standard InChI is InChI=1S/C23H23N9O4/c1-31-13-7-12(11-5-3-2-4-6-11)9-25-18(13)27-22(31)30-23-26-17-19(28-21(24)29-20(17)35)32(23)16-8-14(34)15(10-33)36-16/h2-7,9,14-16,33-34H,8,10H2,1H3,(H3,24,28,29,35)(H,25,26,27,30)/t14-,15+,16+/m0/s1. The number of imidazole rings is 2. The molecule has 3 atom stereocenters. The Morgan fingerprint density at radius 1 is 1.19 bits per heavy atom. The summed E-state index contributed by atoms with van der Waals surface area (Å²) >= 11 is 0. The second kappa shape index (κ2) is 8.41. The number of hydrogen-bond acceptors (Lipinski definition) is 10. The number of anilines is 3. The van der Waals surface area contributed by atoms with Gasteiger partial charge in [0, 0.05) is 25.2 Å². The number of nitrogens with two attached hydrogens (primary N) is 1. The molecule has 1 saturated heterocycles. The van der Waals surface area contributed by atoms with Crippen LogP contribution in [0.5, 0.6) is 0 Å². The number of aromatic amines is 1. The first-order valence-corrected chi connectivity index (χ1v) is 11.3. The lowest BCUT2D eigenvalue weighted by Gasteiger charge is -2.17. The number of fused-ring (bicyclic) bond motifs is 2. The highest BCUT2D eigenvalue weighted by Crippen LogP contribution is 2.34. The molecule has 36 heavy (non-hydrogen) atoms. The molecule has 0 amide bonds. The highest BCUT2D eigenvalue weighted by atomic mass is 16.5. The Balaban J connectivity index is 1.45.